The fourth-order valence-electron chi connectivity index (χ4n) is 3.20. The maximum absolute atomic E-state index is 12.4. The van der Waals surface area contributed by atoms with Crippen LogP contribution in [0.25, 0.3) is 0 Å². The van der Waals surface area contributed by atoms with E-state index in [4.69, 9.17) is 27.9 Å². The molecular formula is C20H24Cl2N2O3S. The molecule has 1 atom stereocenters. The van der Waals surface area contributed by atoms with Gasteiger partial charge in [-0.15, -0.1) is 0 Å². The van der Waals surface area contributed by atoms with Crippen LogP contribution in [0.4, 0.5) is 0 Å². The highest BCUT2D eigenvalue weighted by Crippen LogP contribution is 2.25. The van der Waals surface area contributed by atoms with Crippen LogP contribution in [-0.2, 0) is 14.8 Å². The monoisotopic (exact) mass is 442 g/mol. The molecule has 1 N–H and O–H groups in total. The third kappa shape index (κ3) is 5.92. The number of morpholine rings is 1. The van der Waals surface area contributed by atoms with E-state index in [0.717, 1.165) is 32.5 Å². The van der Waals surface area contributed by atoms with Crippen LogP contribution in [0.5, 0.6) is 0 Å². The zero-order valence-corrected chi connectivity index (χ0v) is 17.8. The van der Waals surface area contributed by atoms with Gasteiger partial charge in [0.15, 0.2) is 0 Å². The highest BCUT2D eigenvalue weighted by Gasteiger charge is 2.21. The molecule has 1 heterocycles. The minimum absolute atomic E-state index is 0.0144. The summed E-state index contributed by atoms with van der Waals surface area (Å²) in [6.45, 7) is 3.73. The van der Waals surface area contributed by atoms with Gasteiger partial charge in [0.05, 0.1) is 17.7 Å². The smallest absolute Gasteiger partial charge is 0.242 e. The van der Waals surface area contributed by atoms with Gasteiger partial charge in [-0.25, -0.2) is 13.1 Å². The summed E-state index contributed by atoms with van der Waals surface area (Å²) in [5.74, 6) is 0. The first kappa shape index (κ1) is 21.6. The Morgan fingerprint density at radius 1 is 1.11 bits per heavy atom. The molecule has 0 saturated carbocycles. The number of sulfonamides is 1. The van der Waals surface area contributed by atoms with Gasteiger partial charge in [0.1, 0.15) is 4.90 Å². The van der Waals surface area contributed by atoms with Crippen molar-refractivity contribution >= 4 is 33.2 Å². The summed E-state index contributed by atoms with van der Waals surface area (Å²) in [5.41, 5.74) is 1.19. The normalized spacial score (nSPS) is 18.3. The molecule has 2 aromatic rings. The number of hydrogen-bond acceptors (Lipinski definition) is 4. The van der Waals surface area contributed by atoms with E-state index in [2.05, 4.69) is 21.8 Å². The van der Waals surface area contributed by atoms with Gasteiger partial charge in [-0.2, -0.15) is 0 Å². The Kier molecular flexibility index (Phi) is 7.74. The largest absolute Gasteiger partial charge is 0.371 e. The second-order valence-electron chi connectivity index (χ2n) is 6.75. The van der Waals surface area contributed by atoms with Gasteiger partial charge in [-0.3, -0.25) is 4.90 Å². The molecule has 28 heavy (non-hydrogen) atoms. The lowest BCUT2D eigenvalue weighted by Crippen LogP contribution is -2.39. The molecule has 0 radical (unpaired) electrons. The molecule has 2 aromatic carbocycles. The predicted molar refractivity (Wildman–Crippen MR) is 112 cm³/mol. The number of benzene rings is 2. The molecule has 1 aliphatic heterocycles. The number of hydrogen-bond donors (Lipinski definition) is 1. The summed E-state index contributed by atoms with van der Waals surface area (Å²) in [5, 5.41) is 0.502. The van der Waals surface area contributed by atoms with Crippen molar-refractivity contribution in [1.29, 1.82) is 0 Å². The second kappa shape index (κ2) is 10.1. The van der Waals surface area contributed by atoms with Gasteiger partial charge in [0.2, 0.25) is 10.0 Å². The Hall–Kier alpha value is -1.15. The Bertz CT molecular complexity index is 878. The van der Waals surface area contributed by atoms with Crippen molar-refractivity contribution in [2.75, 3.05) is 32.8 Å². The quantitative estimate of drug-likeness (QED) is 0.624. The third-order valence-corrected chi connectivity index (χ3v) is 6.88. The molecule has 0 amide bonds. The minimum Gasteiger partial charge on any atom is -0.371 e. The van der Waals surface area contributed by atoms with Crippen LogP contribution in [0.3, 0.4) is 0 Å². The number of ether oxygens (including phenoxy) is 1. The number of rotatable bonds is 8. The van der Waals surface area contributed by atoms with E-state index in [-0.39, 0.29) is 16.0 Å². The molecule has 0 unspecified atom stereocenters. The standard InChI is InChI=1S/C20H24Cl2N2O3S/c21-17-8-9-18(22)20(14-17)28(25,26)23-10-4-5-11-24-12-13-27-19(15-24)16-6-2-1-3-7-16/h1-3,6-9,14,19,23H,4-5,10-13,15H2/t19-/m0/s1. The molecule has 3 rings (SSSR count). The Morgan fingerprint density at radius 3 is 2.68 bits per heavy atom. The van der Waals surface area contributed by atoms with Gasteiger partial charge < -0.3 is 4.74 Å². The van der Waals surface area contributed by atoms with Crippen LogP contribution in [-0.4, -0.2) is 46.1 Å². The average Bonchev–Trinajstić information content (AvgIpc) is 2.70. The van der Waals surface area contributed by atoms with E-state index in [0.29, 0.717) is 18.2 Å². The lowest BCUT2D eigenvalue weighted by Gasteiger charge is -2.33. The molecule has 0 spiro atoms. The number of nitrogens with zero attached hydrogens (tertiary/aromatic N) is 1. The highest BCUT2D eigenvalue weighted by atomic mass is 35.5. The minimum atomic E-state index is -3.66. The van der Waals surface area contributed by atoms with Crippen molar-refractivity contribution in [2.45, 2.75) is 23.8 Å². The first-order valence-electron chi connectivity index (χ1n) is 9.29. The van der Waals surface area contributed by atoms with Gasteiger partial charge in [0.25, 0.3) is 0 Å². The van der Waals surface area contributed by atoms with Crippen molar-refractivity contribution < 1.29 is 13.2 Å². The molecule has 1 aliphatic rings. The Morgan fingerprint density at radius 2 is 1.89 bits per heavy atom. The van der Waals surface area contributed by atoms with Crippen LogP contribution in [0.15, 0.2) is 53.4 Å². The van der Waals surface area contributed by atoms with Crippen LogP contribution in [0.2, 0.25) is 10.0 Å². The number of halogens is 2. The van der Waals surface area contributed by atoms with E-state index < -0.39 is 10.0 Å². The molecule has 1 saturated heterocycles. The topological polar surface area (TPSA) is 58.6 Å². The summed E-state index contributed by atoms with van der Waals surface area (Å²) in [4.78, 5) is 2.38. The molecule has 1 fully saturated rings. The summed E-state index contributed by atoms with van der Waals surface area (Å²) < 4.78 is 33.3. The van der Waals surface area contributed by atoms with E-state index in [1.165, 1.54) is 17.7 Å². The fraction of sp³-hybridized carbons (Fsp3) is 0.400. The molecule has 0 aromatic heterocycles. The molecule has 0 bridgehead atoms. The zero-order chi connectivity index (χ0) is 20.0. The van der Waals surface area contributed by atoms with E-state index >= 15 is 0 Å². The third-order valence-electron chi connectivity index (χ3n) is 4.70. The van der Waals surface area contributed by atoms with Crippen LogP contribution in [0.1, 0.15) is 24.5 Å². The number of nitrogens with one attached hydrogen (secondary N) is 1. The molecular weight excluding hydrogens is 419 g/mol. The lowest BCUT2D eigenvalue weighted by molar-refractivity contribution is -0.0303. The molecule has 0 aliphatic carbocycles. The molecule has 152 valence electrons. The maximum Gasteiger partial charge on any atom is 0.242 e. The Balaban J connectivity index is 1.42. The van der Waals surface area contributed by atoms with Crippen molar-refractivity contribution in [2.24, 2.45) is 0 Å². The SMILES string of the molecule is O=S(=O)(NCCCCN1CCO[C@H](c2ccccc2)C1)c1cc(Cl)ccc1Cl. The van der Waals surface area contributed by atoms with Gasteiger partial charge >= 0.3 is 0 Å². The summed E-state index contributed by atoms with van der Waals surface area (Å²) in [6.07, 6.45) is 1.73. The van der Waals surface area contributed by atoms with E-state index in [1.807, 2.05) is 18.2 Å². The lowest BCUT2D eigenvalue weighted by atomic mass is 10.1. The molecule has 5 nitrogen and oxygen atoms in total. The number of unbranched alkanes of at least 4 members (excludes halogenated alkanes) is 1. The van der Waals surface area contributed by atoms with Crippen molar-refractivity contribution in [3.8, 4) is 0 Å². The summed E-state index contributed by atoms with van der Waals surface area (Å²) in [7, 11) is -3.66. The summed E-state index contributed by atoms with van der Waals surface area (Å²) >= 11 is 11.9. The van der Waals surface area contributed by atoms with Gasteiger partial charge in [0, 0.05) is 24.7 Å². The van der Waals surface area contributed by atoms with Crippen molar-refractivity contribution in [1.82, 2.24) is 9.62 Å². The van der Waals surface area contributed by atoms with Crippen LogP contribution >= 0.6 is 23.2 Å². The zero-order valence-electron chi connectivity index (χ0n) is 15.5. The average molecular weight is 443 g/mol. The van der Waals surface area contributed by atoms with Gasteiger partial charge in [-0.1, -0.05) is 53.5 Å². The van der Waals surface area contributed by atoms with Gasteiger partial charge in [-0.05, 0) is 43.1 Å². The first-order valence-corrected chi connectivity index (χ1v) is 11.5. The second-order valence-corrected chi connectivity index (χ2v) is 9.33. The first-order chi connectivity index (χ1) is 13.5. The Labute approximate surface area is 176 Å². The fourth-order valence-corrected chi connectivity index (χ4v) is 5.04. The molecule has 8 heteroatoms. The van der Waals surface area contributed by atoms with E-state index in [9.17, 15) is 8.42 Å². The van der Waals surface area contributed by atoms with Crippen molar-refractivity contribution in [3.63, 3.8) is 0 Å². The highest BCUT2D eigenvalue weighted by molar-refractivity contribution is 7.89. The van der Waals surface area contributed by atoms with Crippen molar-refractivity contribution in [3.05, 3.63) is 64.1 Å². The van der Waals surface area contributed by atoms with Crippen LogP contribution in [0, 0.1) is 0 Å². The summed E-state index contributed by atoms with van der Waals surface area (Å²) in [6, 6.07) is 14.6. The van der Waals surface area contributed by atoms with Crippen LogP contribution < -0.4 is 4.72 Å². The maximum atomic E-state index is 12.4. The van der Waals surface area contributed by atoms with E-state index in [1.54, 1.807) is 6.07 Å². The predicted octanol–water partition coefficient (Wildman–Crippen LogP) is 4.13.